The molecule has 0 radical (unpaired) electrons. The third-order valence-electron chi connectivity index (χ3n) is 2.95. The Bertz CT molecular complexity index is 330. The fourth-order valence-corrected chi connectivity index (χ4v) is 2.15. The quantitative estimate of drug-likeness (QED) is 0.677. The Labute approximate surface area is 82.4 Å². The molecule has 2 aliphatic heterocycles. The molecular formula is C9H14N4O. The lowest BCUT2D eigenvalue weighted by molar-refractivity contribution is 0.183. The fourth-order valence-electron chi connectivity index (χ4n) is 2.15. The smallest absolute Gasteiger partial charge is 0.0885 e. The zero-order valence-electron chi connectivity index (χ0n) is 8.07. The van der Waals surface area contributed by atoms with Crippen molar-refractivity contribution < 1.29 is 4.74 Å². The lowest BCUT2D eigenvalue weighted by atomic mass is 10.1. The molecule has 1 saturated heterocycles. The van der Waals surface area contributed by atoms with Gasteiger partial charge in [-0.3, -0.25) is 0 Å². The Morgan fingerprint density at radius 2 is 2.50 bits per heavy atom. The Morgan fingerprint density at radius 1 is 1.50 bits per heavy atom. The van der Waals surface area contributed by atoms with E-state index in [1.165, 1.54) is 5.69 Å². The first-order valence-corrected chi connectivity index (χ1v) is 5.16. The van der Waals surface area contributed by atoms with Gasteiger partial charge in [-0.25, -0.2) is 4.68 Å². The van der Waals surface area contributed by atoms with Crippen molar-refractivity contribution >= 4 is 0 Å². The molecule has 1 fully saturated rings. The average molecular weight is 194 g/mol. The van der Waals surface area contributed by atoms with Crippen LogP contribution in [0.1, 0.15) is 23.9 Å². The van der Waals surface area contributed by atoms with Gasteiger partial charge < -0.3 is 10.1 Å². The van der Waals surface area contributed by atoms with Crippen molar-refractivity contribution in [1.29, 1.82) is 0 Å². The number of aromatic nitrogens is 3. The largest absolute Gasteiger partial charge is 0.379 e. The van der Waals surface area contributed by atoms with E-state index in [0.717, 1.165) is 44.8 Å². The van der Waals surface area contributed by atoms with Gasteiger partial charge in [0.05, 0.1) is 24.0 Å². The number of nitrogens with zero attached hydrogens (tertiary/aromatic N) is 3. The van der Waals surface area contributed by atoms with Crippen molar-refractivity contribution in [3.63, 3.8) is 0 Å². The number of rotatable bonds is 1. The maximum atomic E-state index is 5.36. The minimum absolute atomic E-state index is 0.408. The third kappa shape index (κ3) is 1.24. The van der Waals surface area contributed by atoms with Gasteiger partial charge in [-0.2, -0.15) is 0 Å². The van der Waals surface area contributed by atoms with Crippen LogP contribution in [-0.2, 0) is 17.7 Å². The molecule has 76 valence electrons. The van der Waals surface area contributed by atoms with Gasteiger partial charge in [-0.1, -0.05) is 5.21 Å². The van der Waals surface area contributed by atoms with Crippen molar-refractivity contribution in [2.24, 2.45) is 0 Å². The molecule has 1 unspecified atom stereocenters. The number of ether oxygens (including phenoxy) is 1. The van der Waals surface area contributed by atoms with E-state index in [9.17, 15) is 0 Å². The molecule has 1 N–H and O–H groups in total. The van der Waals surface area contributed by atoms with Gasteiger partial charge in [0, 0.05) is 26.1 Å². The Hall–Kier alpha value is -0.940. The average Bonchev–Trinajstić information content (AvgIpc) is 2.85. The van der Waals surface area contributed by atoms with Crippen LogP contribution in [0.25, 0.3) is 0 Å². The first-order valence-electron chi connectivity index (χ1n) is 5.16. The summed E-state index contributed by atoms with van der Waals surface area (Å²) in [6, 6.07) is 0.408. The van der Waals surface area contributed by atoms with E-state index >= 15 is 0 Å². The summed E-state index contributed by atoms with van der Waals surface area (Å²) in [6.07, 6.45) is 2.07. The topological polar surface area (TPSA) is 52.0 Å². The predicted molar refractivity (Wildman–Crippen MR) is 49.9 cm³/mol. The summed E-state index contributed by atoms with van der Waals surface area (Å²) in [5.74, 6) is 0. The van der Waals surface area contributed by atoms with E-state index in [2.05, 4.69) is 20.3 Å². The van der Waals surface area contributed by atoms with Gasteiger partial charge in [0.1, 0.15) is 0 Å². The minimum atomic E-state index is 0.408. The van der Waals surface area contributed by atoms with Crippen molar-refractivity contribution in [2.75, 3.05) is 19.8 Å². The second-order valence-corrected chi connectivity index (χ2v) is 3.87. The highest BCUT2D eigenvalue weighted by molar-refractivity contribution is 5.14. The predicted octanol–water partition coefficient (Wildman–Crippen LogP) is -0.115. The van der Waals surface area contributed by atoms with Crippen LogP contribution in [0, 0.1) is 0 Å². The zero-order chi connectivity index (χ0) is 9.38. The van der Waals surface area contributed by atoms with Crippen LogP contribution < -0.4 is 5.32 Å². The van der Waals surface area contributed by atoms with Gasteiger partial charge in [0.15, 0.2) is 0 Å². The van der Waals surface area contributed by atoms with Gasteiger partial charge in [0.25, 0.3) is 0 Å². The van der Waals surface area contributed by atoms with Gasteiger partial charge in [-0.05, 0) is 6.42 Å². The van der Waals surface area contributed by atoms with Crippen LogP contribution in [0.15, 0.2) is 0 Å². The Morgan fingerprint density at radius 3 is 3.36 bits per heavy atom. The van der Waals surface area contributed by atoms with Crippen LogP contribution in [0.5, 0.6) is 0 Å². The summed E-state index contributed by atoms with van der Waals surface area (Å²) in [7, 11) is 0. The zero-order valence-corrected chi connectivity index (χ0v) is 8.07. The molecule has 0 aromatic carbocycles. The fraction of sp³-hybridized carbons (Fsp3) is 0.778. The SMILES string of the molecule is C1Cc2nnn(C3CCOC3)c2CN1. The highest BCUT2D eigenvalue weighted by atomic mass is 16.5. The van der Waals surface area contributed by atoms with Crippen molar-refractivity contribution in [2.45, 2.75) is 25.4 Å². The number of nitrogens with one attached hydrogen (secondary N) is 1. The standard InChI is InChI=1S/C9H14N4O/c1-3-10-5-9-8(1)11-12-13(9)7-2-4-14-6-7/h7,10H,1-6H2. The number of fused-ring (bicyclic) bond motifs is 1. The molecular weight excluding hydrogens is 180 g/mol. The molecule has 0 aliphatic carbocycles. The Kier molecular flexibility index (Phi) is 1.99. The molecule has 5 heteroatoms. The first-order chi connectivity index (χ1) is 6.95. The summed E-state index contributed by atoms with van der Waals surface area (Å²) in [4.78, 5) is 0. The van der Waals surface area contributed by atoms with Gasteiger partial charge in [-0.15, -0.1) is 5.10 Å². The van der Waals surface area contributed by atoms with Crippen LogP contribution in [0.2, 0.25) is 0 Å². The molecule has 1 atom stereocenters. The van der Waals surface area contributed by atoms with Crippen molar-refractivity contribution in [3.05, 3.63) is 11.4 Å². The lowest BCUT2D eigenvalue weighted by Crippen LogP contribution is -2.26. The Balaban J connectivity index is 1.93. The monoisotopic (exact) mass is 194 g/mol. The van der Waals surface area contributed by atoms with Gasteiger partial charge in [0.2, 0.25) is 0 Å². The van der Waals surface area contributed by atoms with Crippen LogP contribution in [0.4, 0.5) is 0 Å². The maximum absolute atomic E-state index is 5.36. The van der Waals surface area contributed by atoms with E-state index < -0.39 is 0 Å². The summed E-state index contributed by atoms with van der Waals surface area (Å²) in [5, 5.41) is 11.8. The maximum Gasteiger partial charge on any atom is 0.0885 e. The molecule has 0 spiro atoms. The highest BCUT2D eigenvalue weighted by Gasteiger charge is 2.24. The van der Waals surface area contributed by atoms with E-state index in [4.69, 9.17) is 4.74 Å². The summed E-state index contributed by atoms with van der Waals surface area (Å²) >= 11 is 0. The molecule has 1 aromatic rings. The van der Waals surface area contributed by atoms with Crippen molar-refractivity contribution in [1.82, 2.24) is 20.3 Å². The molecule has 2 aliphatic rings. The van der Waals surface area contributed by atoms with Gasteiger partial charge >= 0.3 is 0 Å². The summed E-state index contributed by atoms with van der Waals surface area (Å²) < 4.78 is 7.41. The van der Waals surface area contributed by atoms with Crippen LogP contribution in [-0.4, -0.2) is 34.8 Å². The van der Waals surface area contributed by atoms with E-state index in [-0.39, 0.29) is 0 Å². The highest BCUT2D eigenvalue weighted by Crippen LogP contribution is 2.21. The van der Waals surface area contributed by atoms with Crippen LogP contribution in [0.3, 0.4) is 0 Å². The molecule has 0 saturated carbocycles. The molecule has 1 aromatic heterocycles. The third-order valence-corrected chi connectivity index (χ3v) is 2.95. The molecule has 5 nitrogen and oxygen atoms in total. The second-order valence-electron chi connectivity index (χ2n) is 3.87. The number of hydrogen-bond acceptors (Lipinski definition) is 4. The van der Waals surface area contributed by atoms with E-state index in [1.54, 1.807) is 0 Å². The van der Waals surface area contributed by atoms with Crippen molar-refractivity contribution in [3.8, 4) is 0 Å². The van der Waals surface area contributed by atoms with E-state index in [1.807, 2.05) is 0 Å². The summed E-state index contributed by atoms with van der Waals surface area (Å²) in [5.41, 5.74) is 2.42. The second kappa shape index (κ2) is 3.33. The van der Waals surface area contributed by atoms with E-state index in [0.29, 0.717) is 6.04 Å². The summed E-state index contributed by atoms with van der Waals surface area (Å²) in [6.45, 7) is 3.56. The molecule has 14 heavy (non-hydrogen) atoms. The lowest BCUT2D eigenvalue weighted by Gasteiger charge is -2.16. The van der Waals surface area contributed by atoms with Crippen LogP contribution >= 0.6 is 0 Å². The normalized spacial score (nSPS) is 26.4. The molecule has 3 rings (SSSR count). The molecule has 3 heterocycles. The molecule has 0 bridgehead atoms. The number of hydrogen-bond donors (Lipinski definition) is 1. The minimum Gasteiger partial charge on any atom is -0.379 e. The first kappa shape index (κ1) is 8.38. The molecule has 0 amide bonds.